The molecule has 2 aliphatic heterocycles. The lowest BCUT2D eigenvalue weighted by Gasteiger charge is -2.22. The number of rotatable bonds is 5. The molecular formula is C23H26N4O3. The summed E-state index contributed by atoms with van der Waals surface area (Å²) in [4.78, 5) is 28.0. The van der Waals surface area contributed by atoms with Gasteiger partial charge in [-0.1, -0.05) is 37.3 Å². The minimum Gasteiger partial charge on any atom is -0.373 e. The highest BCUT2D eigenvalue weighted by atomic mass is 16.5. The fourth-order valence-electron chi connectivity index (χ4n) is 4.25. The Morgan fingerprint density at radius 2 is 2.10 bits per heavy atom. The zero-order chi connectivity index (χ0) is 21.1. The number of aromatic nitrogens is 1. The lowest BCUT2D eigenvalue weighted by Crippen LogP contribution is -2.32. The molecule has 0 aliphatic carbocycles. The topological polar surface area (TPSA) is 87.4 Å². The lowest BCUT2D eigenvalue weighted by atomic mass is 10.0. The Balaban J connectivity index is 1.60. The van der Waals surface area contributed by atoms with Crippen LogP contribution in [0.4, 0.5) is 0 Å². The summed E-state index contributed by atoms with van der Waals surface area (Å²) < 4.78 is 7.49. The Hall–Kier alpha value is -3.11. The molecule has 4 rings (SSSR count). The van der Waals surface area contributed by atoms with Gasteiger partial charge >= 0.3 is 0 Å². The number of amides is 2. The van der Waals surface area contributed by atoms with Crippen molar-refractivity contribution in [3.8, 4) is 6.07 Å². The quantitative estimate of drug-likeness (QED) is 0.827. The molecule has 2 aromatic rings. The predicted octanol–water partition coefficient (Wildman–Crippen LogP) is 2.89. The van der Waals surface area contributed by atoms with Gasteiger partial charge in [-0.25, -0.2) is 0 Å². The van der Waals surface area contributed by atoms with Crippen molar-refractivity contribution in [1.29, 1.82) is 5.26 Å². The fraction of sp³-hybridized carbons (Fsp3) is 0.435. The summed E-state index contributed by atoms with van der Waals surface area (Å²) in [6.07, 6.45) is 1.46. The van der Waals surface area contributed by atoms with Gasteiger partial charge in [-0.3, -0.25) is 9.59 Å². The summed E-state index contributed by atoms with van der Waals surface area (Å²) in [5, 5.41) is 12.3. The number of benzene rings is 1. The number of hydrogen-bond donors (Lipinski definition) is 1. The van der Waals surface area contributed by atoms with Crippen LogP contribution in [0.15, 0.2) is 36.4 Å². The third-order valence-electron chi connectivity index (χ3n) is 5.94. The smallest absolute Gasteiger partial charge is 0.270 e. The van der Waals surface area contributed by atoms with E-state index in [1.54, 1.807) is 11.0 Å². The summed E-state index contributed by atoms with van der Waals surface area (Å²) in [7, 11) is 0. The number of nitriles is 1. The molecule has 7 heteroatoms. The van der Waals surface area contributed by atoms with E-state index in [-0.39, 0.29) is 23.8 Å². The Morgan fingerprint density at radius 3 is 2.80 bits per heavy atom. The number of carbonyl (C=O) groups excluding carboxylic acids is 2. The number of hydrogen-bond acceptors (Lipinski definition) is 4. The molecule has 1 aromatic heterocycles. The molecule has 2 aliphatic rings. The van der Waals surface area contributed by atoms with Crippen molar-refractivity contribution in [2.24, 2.45) is 5.92 Å². The molecule has 1 saturated heterocycles. The third-order valence-corrected chi connectivity index (χ3v) is 5.94. The molecule has 7 nitrogen and oxygen atoms in total. The van der Waals surface area contributed by atoms with Crippen LogP contribution >= 0.6 is 0 Å². The molecule has 156 valence electrons. The molecule has 1 unspecified atom stereocenters. The second-order valence-electron chi connectivity index (χ2n) is 7.81. The van der Waals surface area contributed by atoms with Crippen LogP contribution in [0.25, 0.3) is 0 Å². The van der Waals surface area contributed by atoms with Crippen LogP contribution in [-0.2, 0) is 17.9 Å². The van der Waals surface area contributed by atoms with Crippen LogP contribution in [0.1, 0.15) is 57.9 Å². The Bertz CT molecular complexity index is 976. The number of nitrogens with zero attached hydrogens (tertiary/aromatic N) is 3. The average molecular weight is 406 g/mol. The van der Waals surface area contributed by atoms with Crippen LogP contribution in [0, 0.1) is 17.2 Å². The van der Waals surface area contributed by atoms with Gasteiger partial charge in [0, 0.05) is 19.6 Å². The summed E-state index contributed by atoms with van der Waals surface area (Å²) in [5.74, 6) is -0.438. The molecule has 2 atom stereocenters. The Kier molecular flexibility index (Phi) is 5.86. The second kappa shape index (κ2) is 8.72. The first-order valence-corrected chi connectivity index (χ1v) is 10.5. The molecule has 0 bridgehead atoms. The summed E-state index contributed by atoms with van der Waals surface area (Å²) in [6.45, 7) is 4.39. The van der Waals surface area contributed by atoms with Crippen molar-refractivity contribution in [1.82, 2.24) is 14.8 Å². The third kappa shape index (κ3) is 3.83. The van der Waals surface area contributed by atoms with Gasteiger partial charge in [0.05, 0.1) is 42.5 Å². The predicted molar refractivity (Wildman–Crippen MR) is 111 cm³/mol. The summed E-state index contributed by atoms with van der Waals surface area (Å²) in [6, 6.07) is 13.7. The minimum atomic E-state index is -0.199. The maximum absolute atomic E-state index is 13.2. The maximum Gasteiger partial charge on any atom is 0.270 e. The van der Waals surface area contributed by atoms with E-state index >= 15 is 0 Å². The van der Waals surface area contributed by atoms with E-state index in [1.807, 2.05) is 41.8 Å². The molecule has 3 heterocycles. The van der Waals surface area contributed by atoms with E-state index in [0.717, 1.165) is 17.7 Å². The van der Waals surface area contributed by atoms with Crippen molar-refractivity contribution in [3.05, 3.63) is 58.9 Å². The Labute approximate surface area is 176 Å². The summed E-state index contributed by atoms with van der Waals surface area (Å²) >= 11 is 0. The van der Waals surface area contributed by atoms with Crippen molar-refractivity contribution in [2.75, 3.05) is 19.7 Å². The highest BCUT2D eigenvalue weighted by molar-refractivity contribution is 6.01. The van der Waals surface area contributed by atoms with Crippen LogP contribution in [0.3, 0.4) is 0 Å². The van der Waals surface area contributed by atoms with Gasteiger partial charge in [0.1, 0.15) is 5.69 Å². The first-order chi connectivity index (χ1) is 14.6. The van der Waals surface area contributed by atoms with Gasteiger partial charge < -0.3 is 19.5 Å². The van der Waals surface area contributed by atoms with Gasteiger partial charge in [-0.15, -0.1) is 0 Å². The van der Waals surface area contributed by atoms with Crippen LogP contribution in [0.2, 0.25) is 0 Å². The van der Waals surface area contributed by atoms with E-state index in [0.29, 0.717) is 50.5 Å². The monoisotopic (exact) mass is 406 g/mol. The molecular weight excluding hydrogens is 380 g/mol. The summed E-state index contributed by atoms with van der Waals surface area (Å²) in [5.41, 5.74) is 2.78. The first-order valence-electron chi connectivity index (χ1n) is 10.5. The zero-order valence-electron chi connectivity index (χ0n) is 17.1. The molecule has 0 saturated carbocycles. The number of nitrogens with one attached hydrogen (secondary N) is 1. The normalized spacial score (nSPS) is 19.1. The minimum absolute atomic E-state index is 0.104. The molecule has 1 aromatic carbocycles. The van der Waals surface area contributed by atoms with E-state index in [4.69, 9.17) is 10.00 Å². The van der Waals surface area contributed by atoms with Crippen molar-refractivity contribution >= 4 is 11.8 Å². The van der Waals surface area contributed by atoms with Crippen LogP contribution in [-0.4, -0.2) is 41.0 Å². The number of likely N-dealkylation sites (tertiary alicyclic amines) is 1. The van der Waals surface area contributed by atoms with Gasteiger partial charge in [-0.2, -0.15) is 5.26 Å². The van der Waals surface area contributed by atoms with E-state index in [2.05, 4.69) is 11.4 Å². The van der Waals surface area contributed by atoms with Crippen LogP contribution < -0.4 is 5.32 Å². The SMILES string of the molecule is CC[C@@H](NC(=O)c1cc(C(=O)N2CCC(C#N)C2)n2c1COCC2)c1ccccc1. The second-order valence-corrected chi connectivity index (χ2v) is 7.81. The number of ether oxygens (including phenoxy) is 1. The van der Waals surface area contributed by atoms with E-state index in [9.17, 15) is 9.59 Å². The van der Waals surface area contributed by atoms with Crippen molar-refractivity contribution < 1.29 is 14.3 Å². The fourth-order valence-corrected chi connectivity index (χ4v) is 4.25. The maximum atomic E-state index is 13.2. The molecule has 0 radical (unpaired) electrons. The van der Waals surface area contributed by atoms with Gasteiger partial charge in [0.15, 0.2) is 0 Å². The molecule has 1 N–H and O–H groups in total. The molecule has 30 heavy (non-hydrogen) atoms. The molecule has 1 fully saturated rings. The highest BCUT2D eigenvalue weighted by Crippen LogP contribution is 2.26. The molecule has 2 amide bonds. The lowest BCUT2D eigenvalue weighted by molar-refractivity contribution is 0.0712. The van der Waals surface area contributed by atoms with E-state index in [1.165, 1.54) is 0 Å². The highest BCUT2D eigenvalue weighted by Gasteiger charge is 2.32. The van der Waals surface area contributed by atoms with Crippen LogP contribution in [0.5, 0.6) is 0 Å². The average Bonchev–Trinajstić information content (AvgIpc) is 3.42. The number of fused-ring (bicyclic) bond motifs is 1. The first kappa shape index (κ1) is 20.2. The van der Waals surface area contributed by atoms with E-state index < -0.39 is 0 Å². The molecule has 0 spiro atoms. The van der Waals surface area contributed by atoms with Gasteiger partial charge in [-0.05, 0) is 24.5 Å². The zero-order valence-corrected chi connectivity index (χ0v) is 17.1. The van der Waals surface area contributed by atoms with Gasteiger partial charge in [0.25, 0.3) is 11.8 Å². The van der Waals surface area contributed by atoms with Crippen molar-refractivity contribution in [3.63, 3.8) is 0 Å². The number of carbonyl (C=O) groups is 2. The standard InChI is InChI=1S/C23H26N4O3/c1-2-19(17-6-4-3-5-7-17)25-22(28)18-12-20(27-10-11-30-15-21(18)27)23(29)26-9-8-16(13-24)14-26/h3-7,12,16,19H,2,8-11,14-15H2,1H3,(H,25,28)/t16?,19-/m1/s1. The Morgan fingerprint density at radius 1 is 1.30 bits per heavy atom. The largest absolute Gasteiger partial charge is 0.373 e. The van der Waals surface area contributed by atoms with Gasteiger partial charge in [0.2, 0.25) is 0 Å². The van der Waals surface area contributed by atoms with Crippen molar-refractivity contribution in [2.45, 2.75) is 39.0 Å².